The number of amides is 2. The van der Waals surface area contributed by atoms with Crippen LogP contribution in [-0.4, -0.2) is 42.4 Å². The molecule has 0 aliphatic carbocycles. The van der Waals surface area contributed by atoms with Gasteiger partial charge < -0.3 is 10.2 Å². The number of carbonyl (C=O) groups excluding carboxylic acids is 2. The topological polar surface area (TPSA) is 52.7 Å². The number of nitrogens with one attached hydrogen (secondary N) is 1. The first-order valence-corrected chi connectivity index (χ1v) is 9.47. The van der Waals surface area contributed by atoms with Crippen molar-refractivity contribution in [1.29, 1.82) is 0 Å². The van der Waals surface area contributed by atoms with Crippen molar-refractivity contribution >= 4 is 17.5 Å². The molecule has 3 rings (SSSR count). The molecule has 0 saturated carbocycles. The molecule has 0 aromatic heterocycles. The van der Waals surface area contributed by atoms with Gasteiger partial charge in [-0.25, -0.2) is 0 Å². The summed E-state index contributed by atoms with van der Waals surface area (Å²) in [4.78, 5) is 29.3. The zero-order chi connectivity index (χ0) is 19.2. The van der Waals surface area contributed by atoms with Crippen LogP contribution in [0.1, 0.15) is 19.4 Å². The summed E-state index contributed by atoms with van der Waals surface area (Å²) < 4.78 is 0. The van der Waals surface area contributed by atoms with Gasteiger partial charge in [0, 0.05) is 18.8 Å². The molecular weight excluding hydrogens is 338 g/mol. The Labute approximate surface area is 161 Å². The van der Waals surface area contributed by atoms with Crippen molar-refractivity contribution in [2.45, 2.75) is 26.4 Å². The van der Waals surface area contributed by atoms with Gasteiger partial charge >= 0.3 is 0 Å². The van der Waals surface area contributed by atoms with Crippen molar-refractivity contribution in [1.82, 2.24) is 10.2 Å². The predicted molar refractivity (Wildman–Crippen MR) is 107 cm³/mol. The first-order chi connectivity index (χ1) is 13.1. The number of carbonyl (C=O) groups is 2. The summed E-state index contributed by atoms with van der Waals surface area (Å²) in [5, 5.41) is 2.91. The summed E-state index contributed by atoms with van der Waals surface area (Å²) in [6.07, 6.45) is 0. The molecule has 27 heavy (non-hydrogen) atoms. The molecule has 1 aliphatic rings. The highest BCUT2D eigenvalue weighted by molar-refractivity contribution is 5.95. The van der Waals surface area contributed by atoms with E-state index in [1.807, 2.05) is 79.4 Å². The van der Waals surface area contributed by atoms with E-state index in [2.05, 4.69) is 5.32 Å². The lowest BCUT2D eigenvalue weighted by Gasteiger charge is -2.37. The second-order valence-electron chi connectivity index (χ2n) is 7.25. The molecule has 1 aliphatic heterocycles. The summed E-state index contributed by atoms with van der Waals surface area (Å²) >= 11 is 0. The maximum absolute atomic E-state index is 13.2. The molecular formula is C22H27N3O2. The van der Waals surface area contributed by atoms with Crippen molar-refractivity contribution in [3.8, 4) is 0 Å². The Morgan fingerprint density at radius 3 is 2.37 bits per heavy atom. The van der Waals surface area contributed by atoms with E-state index in [0.717, 1.165) is 11.3 Å². The van der Waals surface area contributed by atoms with Crippen LogP contribution in [0, 0.1) is 5.92 Å². The molecule has 1 N–H and O–H groups in total. The number of hydrogen-bond acceptors (Lipinski definition) is 3. The molecule has 1 heterocycles. The number of anilines is 1. The Balaban J connectivity index is 1.81. The molecule has 2 amide bonds. The van der Waals surface area contributed by atoms with E-state index in [1.54, 1.807) is 4.90 Å². The largest absolute Gasteiger partial charge is 0.353 e. The van der Waals surface area contributed by atoms with Gasteiger partial charge in [0.05, 0.1) is 19.1 Å². The normalized spacial score (nSPS) is 17.6. The van der Waals surface area contributed by atoms with E-state index in [1.165, 1.54) is 0 Å². The molecule has 1 unspecified atom stereocenters. The van der Waals surface area contributed by atoms with Crippen LogP contribution in [0.3, 0.4) is 0 Å². The molecule has 0 bridgehead atoms. The summed E-state index contributed by atoms with van der Waals surface area (Å²) in [5.41, 5.74) is 1.94. The summed E-state index contributed by atoms with van der Waals surface area (Å²) in [6, 6.07) is 19.4. The molecule has 1 atom stereocenters. The Kier molecular flexibility index (Phi) is 6.24. The van der Waals surface area contributed by atoms with Gasteiger partial charge in [-0.1, -0.05) is 62.4 Å². The second-order valence-corrected chi connectivity index (χ2v) is 7.25. The lowest BCUT2D eigenvalue weighted by molar-refractivity contribution is -0.132. The first kappa shape index (κ1) is 19.1. The number of rotatable bonds is 6. The minimum Gasteiger partial charge on any atom is -0.353 e. The third-order valence-corrected chi connectivity index (χ3v) is 4.88. The van der Waals surface area contributed by atoms with Crippen molar-refractivity contribution in [2.24, 2.45) is 5.92 Å². The third kappa shape index (κ3) is 4.74. The third-order valence-electron chi connectivity index (χ3n) is 4.88. The highest BCUT2D eigenvalue weighted by atomic mass is 16.2. The molecule has 2 aromatic carbocycles. The van der Waals surface area contributed by atoms with Gasteiger partial charge in [0.25, 0.3) is 0 Å². The van der Waals surface area contributed by atoms with E-state index in [4.69, 9.17) is 0 Å². The maximum Gasteiger partial charge on any atom is 0.241 e. The standard InChI is InChI=1S/C22H27N3O2/c1-17(2)21-22(27)23-13-14-24(21)16-20(26)25(19-11-7-4-8-12-19)15-18-9-5-3-6-10-18/h3-12,17,21H,13-16H2,1-2H3,(H,23,27). The fraction of sp³-hybridized carbons (Fsp3) is 0.364. The van der Waals surface area contributed by atoms with Gasteiger partial charge in [0.15, 0.2) is 0 Å². The lowest BCUT2D eigenvalue weighted by Crippen LogP contribution is -2.59. The average Bonchev–Trinajstić information content (AvgIpc) is 2.67. The van der Waals surface area contributed by atoms with Crippen molar-refractivity contribution in [2.75, 3.05) is 24.5 Å². The molecule has 0 spiro atoms. The predicted octanol–water partition coefficient (Wildman–Crippen LogP) is 2.68. The van der Waals surface area contributed by atoms with Crippen LogP contribution in [0.25, 0.3) is 0 Å². The van der Waals surface area contributed by atoms with E-state index < -0.39 is 0 Å². The van der Waals surface area contributed by atoms with Crippen molar-refractivity contribution in [3.05, 3.63) is 66.2 Å². The Morgan fingerprint density at radius 1 is 1.11 bits per heavy atom. The summed E-state index contributed by atoms with van der Waals surface area (Å²) in [7, 11) is 0. The smallest absolute Gasteiger partial charge is 0.241 e. The number of piperazine rings is 1. The Hall–Kier alpha value is -2.66. The maximum atomic E-state index is 13.2. The first-order valence-electron chi connectivity index (χ1n) is 9.47. The van der Waals surface area contributed by atoms with E-state index in [0.29, 0.717) is 19.6 Å². The molecule has 5 heteroatoms. The minimum absolute atomic E-state index is 0.00500. The highest BCUT2D eigenvalue weighted by Gasteiger charge is 2.34. The van der Waals surface area contributed by atoms with Gasteiger partial charge in [0.2, 0.25) is 11.8 Å². The van der Waals surface area contributed by atoms with Crippen LogP contribution in [0.4, 0.5) is 5.69 Å². The van der Waals surface area contributed by atoms with E-state index in [9.17, 15) is 9.59 Å². The fourth-order valence-corrected chi connectivity index (χ4v) is 3.59. The number of nitrogens with zero attached hydrogens (tertiary/aromatic N) is 2. The highest BCUT2D eigenvalue weighted by Crippen LogP contribution is 2.19. The molecule has 142 valence electrons. The number of hydrogen-bond donors (Lipinski definition) is 1. The van der Waals surface area contributed by atoms with Crippen LogP contribution in [-0.2, 0) is 16.1 Å². The van der Waals surface area contributed by atoms with Crippen LogP contribution < -0.4 is 10.2 Å². The number of benzene rings is 2. The van der Waals surface area contributed by atoms with Gasteiger partial charge in [-0.2, -0.15) is 0 Å². The average molecular weight is 365 g/mol. The van der Waals surface area contributed by atoms with E-state index in [-0.39, 0.29) is 30.3 Å². The van der Waals surface area contributed by atoms with Crippen molar-refractivity contribution < 1.29 is 9.59 Å². The number of para-hydroxylation sites is 1. The zero-order valence-corrected chi connectivity index (χ0v) is 16.0. The zero-order valence-electron chi connectivity index (χ0n) is 16.0. The van der Waals surface area contributed by atoms with Crippen LogP contribution in [0.15, 0.2) is 60.7 Å². The van der Waals surface area contributed by atoms with Crippen LogP contribution >= 0.6 is 0 Å². The molecule has 1 fully saturated rings. The van der Waals surface area contributed by atoms with E-state index >= 15 is 0 Å². The summed E-state index contributed by atoms with van der Waals surface area (Å²) in [5.74, 6) is 0.168. The Morgan fingerprint density at radius 2 is 1.74 bits per heavy atom. The SMILES string of the molecule is CC(C)C1C(=O)NCCN1CC(=O)N(Cc1ccccc1)c1ccccc1. The second kappa shape index (κ2) is 8.82. The van der Waals surface area contributed by atoms with Gasteiger partial charge in [-0.3, -0.25) is 14.5 Å². The van der Waals surface area contributed by atoms with Crippen molar-refractivity contribution in [3.63, 3.8) is 0 Å². The molecule has 5 nitrogen and oxygen atoms in total. The van der Waals surface area contributed by atoms with Crippen LogP contribution in [0.5, 0.6) is 0 Å². The van der Waals surface area contributed by atoms with Crippen LogP contribution in [0.2, 0.25) is 0 Å². The lowest BCUT2D eigenvalue weighted by atomic mass is 9.99. The molecule has 2 aromatic rings. The molecule has 1 saturated heterocycles. The van der Waals surface area contributed by atoms with Gasteiger partial charge in [-0.05, 0) is 23.6 Å². The van der Waals surface area contributed by atoms with Gasteiger partial charge in [-0.15, -0.1) is 0 Å². The monoisotopic (exact) mass is 365 g/mol. The Bertz CT molecular complexity index is 762. The summed E-state index contributed by atoms with van der Waals surface area (Å²) in [6.45, 7) is 6.06. The fourth-order valence-electron chi connectivity index (χ4n) is 3.59. The minimum atomic E-state index is -0.267. The molecule has 0 radical (unpaired) electrons. The quantitative estimate of drug-likeness (QED) is 0.856. The van der Waals surface area contributed by atoms with Gasteiger partial charge in [0.1, 0.15) is 0 Å².